The number of nitrogen functional groups attached to an aromatic ring is 1. The van der Waals surface area contributed by atoms with Gasteiger partial charge >= 0.3 is 0 Å². The average Bonchev–Trinajstić information content (AvgIpc) is 3.14. The summed E-state index contributed by atoms with van der Waals surface area (Å²) in [5, 5.41) is 13.1. The summed E-state index contributed by atoms with van der Waals surface area (Å²) in [5.74, 6) is 2.98. The second kappa shape index (κ2) is 18.9. The third-order valence-corrected chi connectivity index (χ3v) is 11.3. The van der Waals surface area contributed by atoms with Crippen molar-refractivity contribution in [1.29, 1.82) is 0 Å². The number of benzene rings is 4. The van der Waals surface area contributed by atoms with Gasteiger partial charge in [0.1, 0.15) is 28.7 Å². The summed E-state index contributed by atoms with van der Waals surface area (Å²) in [6.45, 7) is 30.5. The topological polar surface area (TPSA) is 106 Å². The van der Waals surface area contributed by atoms with Gasteiger partial charge in [0.05, 0.1) is 36.9 Å². The van der Waals surface area contributed by atoms with Crippen LogP contribution in [0.15, 0.2) is 42.5 Å². The highest BCUT2D eigenvalue weighted by Gasteiger charge is 2.32. The second-order valence-electron chi connectivity index (χ2n) is 19.8. The van der Waals surface area contributed by atoms with E-state index >= 15 is 0 Å². The first kappa shape index (κ1) is 46.3. The van der Waals surface area contributed by atoms with Crippen LogP contribution in [0.5, 0.6) is 23.0 Å². The van der Waals surface area contributed by atoms with E-state index in [1.54, 1.807) is 6.07 Å². The number of fused-ring (bicyclic) bond motifs is 8. The van der Waals surface area contributed by atoms with Crippen LogP contribution in [0.1, 0.15) is 177 Å². The van der Waals surface area contributed by atoms with Gasteiger partial charge in [-0.3, -0.25) is 10.1 Å². The van der Waals surface area contributed by atoms with Crippen LogP contribution in [-0.4, -0.2) is 31.4 Å². The maximum atomic E-state index is 13.1. The maximum Gasteiger partial charge on any atom is 0.299 e. The maximum absolute atomic E-state index is 13.1. The number of ether oxygens (including phenoxy) is 4. The van der Waals surface area contributed by atoms with Crippen molar-refractivity contribution in [3.05, 3.63) is 114 Å². The minimum atomic E-state index is -0.350. The molecule has 8 bridgehead atoms. The summed E-state index contributed by atoms with van der Waals surface area (Å²) in [6, 6.07) is 15.4. The Hall–Kier alpha value is -4.72. The zero-order chi connectivity index (χ0) is 44.2. The van der Waals surface area contributed by atoms with E-state index in [0.29, 0.717) is 57.0 Å². The number of rotatable bonds is 13. The van der Waals surface area contributed by atoms with Crippen molar-refractivity contribution in [2.24, 2.45) is 0 Å². The lowest BCUT2D eigenvalue weighted by atomic mass is 9.80. The Morgan fingerprint density at radius 2 is 0.750 bits per heavy atom. The highest BCUT2D eigenvalue weighted by molar-refractivity contribution is 5.72. The zero-order valence-electron chi connectivity index (χ0n) is 39.0. The molecule has 0 amide bonds. The summed E-state index contributed by atoms with van der Waals surface area (Å²) in [4.78, 5) is 12.8. The monoisotopic (exact) mass is 821 g/mol. The van der Waals surface area contributed by atoms with Crippen LogP contribution < -0.4 is 24.7 Å². The summed E-state index contributed by atoms with van der Waals surface area (Å²) in [6.07, 6.45) is 4.98. The zero-order valence-corrected chi connectivity index (χ0v) is 39.0. The highest BCUT2D eigenvalue weighted by Crippen LogP contribution is 2.46. The molecule has 0 fully saturated rings. The van der Waals surface area contributed by atoms with Gasteiger partial charge in [-0.05, 0) is 98.1 Å². The van der Waals surface area contributed by atoms with E-state index in [4.69, 9.17) is 24.7 Å². The van der Waals surface area contributed by atoms with E-state index in [1.807, 2.05) is 6.92 Å². The molecule has 0 radical (unpaired) electrons. The van der Waals surface area contributed by atoms with Crippen LogP contribution in [-0.2, 0) is 41.9 Å². The Morgan fingerprint density at radius 1 is 0.483 bits per heavy atom. The Morgan fingerprint density at radius 3 is 1.02 bits per heavy atom. The molecule has 0 aliphatic heterocycles. The molecule has 326 valence electrons. The molecule has 60 heavy (non-hydrogen) atoms. The largest absolute Gasteiger partial charge is 0.493 e. The molecule has 0 unspecified atom stereocenters. The van der Waals surface area contributed by atoms with Gasteiger partial charge in [-0.2, -0.15) is 0 Å². The third-order valence-electron chi connectivity index (χ3n) is 11.3. The fourth-order valence-corrected chi connectivity index (χ4v) is 8.02. The number of hydrogen-bond donors (Lipinski definition) is 1. The number of nitrogens with zero attached hydrogens (tertiary/aromatic N) is 1. The molecular formula is C52H72N2O6. The fraction of sp³-hybridized carbons (Fsp3) is 0.538. The fourth-order valence-electron chi connectivity index (χ4n) is 8.02. The SMILES string of the molecule is CCCOc1c2cc(C(C)(C)C)cc1Cc1cc(C(C)(C)C)cc(c1OCCC)Cc1c(OCCC)c(cc(N)c1[N+](=O)[O-])Cc1cc(C(C)(C)C)cc(c1OCCC)C2. The summed E-state index contributed by atoms with van der Waals surface area (Å²) in [5.41, 5.74) is 17.1. The van der Waals surface area contributed by atoms with Gasteiger partial charge in [0.25, 0.3) is 5.69 Å². The number of nitrogens with two attached hydrogens (primary N) is 1. The van der Waals surface area contributed by atoms with Crippen LogP contribution in [0.25, 0.3) is 0 Å². The minimum absolute atomic E-state index is 0.115. The molecule has 0 saturated heterocycles. The van der Waals surface area contributed by atoms with E-state index in [9.17, 15) is 10.1 Å². The normalized spacial score (nSPS) is 13.2. The van der Waals surface area contributed by atoms with Crippen molar-refractivity contribution < 1.29 is 23.9 Å². The van der Waals surface area contributed by atoms with Gasteiger partial charge in [-0.25, -0.2) is 0 Å². The lowest BCUT2D eigenvalue weighted by molar-refractivity contribution is -0.384. The molecule has 8 nitrogen and oxygen atoms in total. The van der Waals surface area contributed by atoms with Crippen LogP contribution in [0.4, 0.5) is 11.4 Å². The predicted octanol–water partition coefficient (Wildman–Crippen LogP) is 12.9. The Kier molecular flexibility index (Phi) is 14.6. The van der Waals surface area contributed by atoms with Gasteiger partial charge in [-0.1, -0.05) is 126 Å². The highest BCUT2D eigenvalue weighted by atomic mass is 16.6. The summed E-state index contributed by atoms with van der Waals surface area (Å²) < 4.78 is 27.1. The van der Waals surface area contributed by atoms with Crippen LogP contribution in [0.3, 0.4) is 0 Å². The Labute approximate surface area is 360 Å². The average molecular weight is 821 g/mol. The molecule has 8 heteroatoms. The van der Waals surface area contributed by atoms with Crippen molar-refractivity contribution >= 4 is 11.4 Å². The van der Waals surface area contributed by atoms with E-state index in [-0.39, 0.29) is 39.0 Å². The van der Waals surface area contributed by atoms with E-state index in [0.717, 1.165) is 87.4 Å². The molecule has 1 aliphatic rings. The van der Waals surface area contributed by atoms with E-state index < -0.39 is 0 Å². The molecule has 0 heterocycles. The Balaban J connectivity index is 2.04. The van der Waals surface area contributed by atoms with E-state index in [1.165, 1.54) is 11.1 Å². The third kappa shape index (κ3) is 10.6. The second-order valence-corrected chi connectivity index (χ2v) is 19.8. The number of nitro groups is 1. The van der Waals surface area contributed by atoms with Gasteiger partial charge in [0, 0.05) is 31.2 Å². The molecule has 0 atom stereocenters. The van der Waals surface area contributed by atoms with Crippen LogP contribution in [0.2, 0.25) is 0 Å². The minimum Gasteiger partial charge on any atom is -0.493 e. The number of anilines is 1. The lowest BCUT2D eigenvalue weighted by Crippen LogP contribution is -2.17. The first-order chi connectivity index (χ1) is 28.2. The molecule has 0 spiro atoms. The molecule has 0 aromatic heterocycles. The van der Waals surface area contributed by atoms with Crippen molar-refractivity contribution in [2.75, 3.05) is 32.2 Å². The van der Waals surface area contributed by atoms with Gasteiger partial charge in [0.15, 0.2) is 0 Å². The summed E-state index contributed by atoms with van der Waals surface area (Å²) >= 11 is 0. The van der Waals surface area contributed by atoms with Crippen molar-refractivity contribution in [3.8, 4) is 23.0 Å². The van der Waals surface area contributed by atoms with Gasteiger partial charge < -0.3 is 24.7 Å². The van der Waals surface area contributed by atoms with Gasteiger partial charge in [0.2, 0.25) is 0 Å². The number of nitro benzene ring substituents is 1. The first-order valence-corrected chi connectivity index (χ1v) is 22.3. The standard InChI is InChI=1S/C52H72N2O6/c1-14-18-57-46-33-22-34-26-41(51(8,9)10)29-37(47(34)58-19-15-2)24-38-32-44(53)45(54(55)56)43(49(38)60-21-17-4)31-39-30-42(52(11,12)13)28-36(48(39)59-20-16-3)23-35(46)27-40(25-33)50(5,6)7/h25-30,32H,14-24,31,53H2,1-13H3. The lowest BCUT2D eigenvalue weighted by Gasteiger charge is -2.28. The molecule has 5 rings (SSSR count). The van der Waals surface area contributed by atoms with Crippen LogP contribution >= 0.6 is 0 Å². The molecular weight excluding hydrogens is 749 g/mol. The molecule has 0 saturated carbocycles. The van der Waals surface area contributed by atoms with Gasteiger partial charge in [-0.15, -0.1) is 0 Å². The number of hydrogen-bond acceptors (Lipinski definition) is 7. The molecule has 2 N–H and O–H groups in total. The predicted molar refractivity (Wildman–Crippen MR) is 247 cm³/mol. The first-order valence-electron chi connectivity index (χ1n) is 22.3. The quantitative estimate of drug-likeness (QED) is 0.0716. The summed E-state index contributed by atoms with van der Waals surface area (Å²) in [7, 11) is 0. The smallest absolute Gasteiger partial charge is 0.299 e. The van der Waals surface area contributed by atoms with Crippen LogP contribution in [0, 0.1) is 10.1 Å². The molecule has 4 aromatic carbocycles. The molecule has 1 aliphatic carbocycles. The van der Waals surface area contributed by atoms with Crippen molar-refractivity contribution in [3.63, 3.8) is 0 Å². The van der Waals surface area contributed by atoms with E-state index in [2.05, 4.69) is 119 Å². The van der Waals surface area contributed by atoms with Crippen molar-refractivity contribution in [1.82, 2.24) is 0 Å². The Bertz CT molecular complexity index is 2170. The van der Waals surface area contributed by atoms with Crippen molar-refractivity contribution in [2.45, 2.75) is 158 Å². The molecule has 4 aromatic rings.